The number of carbonyl (C=O) groups excluding carboxylic acids is 2. The zero-order valence-electron chi connectivity index (χ0n) is 19.4. The molecule has 0 radical (unpaired) electrons. The fraction of sp³-hybridized carbons (Fsp3) is 0.308. The molecular formula is C26H28N2O5S. The summed E-state index contributed by atoms with van der Waals surface area (Å²) in [5.41, 5.74) is 3.62. The lowest BCUT2D eigenvalue weighted by Gasteiger charge is -2.15. The molecule has 1 aromatic heterocycles. The molecule has 0 saturated carbocycles. The van der Waals surface area contributed by atoms with Crippen LogP contribution in [0, 0.1) is 13.8 Å². The number of Topliss-reactive ketones (excluding diaryl/α,β-unsaturated/α-hetero) is 1. The summed E-state index contributed by atoms with van der Waals surface area (Å²) in [6.45, 7) is 5.11. The van der Waals surface area contributed by atoms with E-state index in [0.29, 0.717) is 25.2 Å². The van der Waals surface area contributed by atoms with E-state index in [1.165, 1.54) is 28.6 Å². The summed E-state index contributed by atoms with van der Waals surface area (Å²) in [5.74, 6) is -0.953. The number of benzene rings is 2. The molecule has 2 aromatic carbocycles. The lowest BCUT2D eigenvalue weighted by molar-refractivity contribution is 0.0474. The van der Waals surface area contributed by atoms with Crippen LogP contribution in [0.3, 0.4) is 0 Å². The Hall–Kier alpha value is -3.23. The molecule has 0 N–H and O–H groups in total. The zero-order chi connectivity index (χ0) is 24.3. The largest absolute Gasteiger partial charge is 0.454 e. The van der Waals surface area contributed by atoms with E-state index in [1.807, 2.05) is 50.2 Å². The molecule has 0 unspecified atom stereocenters. The second-order valence-corrected chi connectivity index (χ2v) is 10.4. The molecule has 34 heavy (non-hydrogen) atoms. The van der Waals surface area contributed by atoms with Gasteiger partial charge in [-0.05, 0) is 62.6 Å². The summed E-state index contributed by atoms with van der Waals surface area (Å²) < 4.78 is 34.0. The average Bonchev–Trinajstić information content (AvgIpc) is 3.48. The third-order valence-corrected chi connectivity index (χ3v) is 8.10. The van der Waals surface area contributed by atoms with E-state index >= 15 is 0 Å². The number of aromatic nitrogens is 1. The van der Waals surface area contributed by atoms with Crippen LogP contribution >= 0.6 is 0 Å². The first-order valence-corrected chi connectivity index (χ1v) is 12.7. The van der Waals surface area contributed by atoms with Crippen LogP contribution in [0.15, 0.2) is 65.6 Å². The van der Waals surface area contributed by atoms with Gasteiger partial charge in [0, 0.05) is 36.6 Å². The van der Waals surface area contributed by atoms with Crippen molar-refractivity contribution in [1.29, 1.82) is 0 Å². The van der Waals surface area contributed by atoms with Crippen molar-refractivity contribution >= 4 is 21.8 Å². The molecule has 1 fully saturated rings. The number of hydrogen-bond donors (Lipinski definition) is 0. The molecule has 4 rings (SSSR count). The minimum absolute atomic E-state index is 0.146. The minimum Gasteiger partial charge on any atom is -0.454 e. The highest BCUT2D eigenvalue weighted by Crippen LogP contribution is 2.22. The van der Waals surface area contributed by atoms with Crippen LogP contribution in [0.5, 0.6) is 0 Å². The molecule has 0 amide bonds. The first kappa shape index (κ1) is 23.9. The molecule has 0 aliphatic carbocycles. The number of carbonyl (C=O) groups is 2. The SMILES string of the molecule is Cc1cc(C(=O)COC(=O)c2ccc(S(=O)(=O)N3CCCC3)cc2)c(C)n1Cc1ccccc1. The second-order valence-electron chi connectivity index (χ2n) is 8.49. The van der Waals surface area contributed by atoms with Gasteiger partial charge in [-0.15, -0.1) is 0 Å². The molecule has 8 heteroatoms. The Morgan fingerprint density at radius 2 is 1.59 bits per heavy atom. The molecule has 3 aromatic rings. The molecule has 2 heterocycles. The van der Waals surface area contributed by atoms with Crippen molar-refractivity contribution in [2.75, 3.05) is 19.7 Å². The molecule has 0 spiro atoms. The van der Waals surface area contributed by atoms with Crippen molar-refractivity contribution in [3.63, 3.8) is 0 Å². The van der Waals surface area contributed by atoms with E-state index in [2.05, 4.69) is 4.57 Å². The van der Waals surface area contributed by atoms with Crippen LogP contribution in [0.25, 0.3) is 0 Å². The molecule has 1 aliphatic heterocycles. The Bertz CT molecular complexity index is 1290. The highest BCUT2D eigenvalue weighted by Gasteiger charge is 2.27. The van der Waals surface area contributed by atoms with Crippen molar-refractivity contribution in [2.24, 2.45) is 0 Å². The Balaban J connectivity index is 1.39. The van der Waals surface area contributed by atoms with Gasteiger partial charge in [0.15, 0.2) is 6.61 Å². The molecular weight excluding hydrogens is 452 g/mol. The lowest BCUT2D eigenvalue weighted by Crippen LogP contribution is -2.27. The van der Waals surface area contributed by atoms with E-state index in [0.717, 1.165) is 29.8 Å². The van der Waals surface area contributed by atoms with E-state index < -0.39 is 16.0 Å². The summed E-state index contributed by atoms with van der Waals surface area (Å²) in [5, 5.41) is 0. The summed E-state index contributed by atoms with van der Waals surface area (Å²) in [6.07, 6.45) is 1.71. The normalized spacial score (nSPS) is 14.3. The van der Waals surface area contributed by atoms with Gasteiger partial charge >= 0.3 is 5.97 Å². The Labute approximate surface area is 200 Å². The maximum Gasteiger partial charge on any atom is 0.338 e. The van der Waals surface area contributed by atoms with Crippen LogP contribution in [-0.4, -0.2) is 48.7 Å². The van der Waals surface area contributed by atoms with Crippen LogP contribution < -0.4 is 0 Å². The molecule has 1 saturated heterocycles. The van der Waals surface area contributed by atoms with Gasteiger partial charge < -0.3 is 9.30 Å². The predicted molar refractivity (Wildman–Crippen MR) is 128 cm³/mol. The minimum atomic E-state index is -3.55. The van der Waals surface area contributed by atoms with Crippen molar-refractivity contribution in [1.82, 2.24) is 8.87 Å². The van der Waals surface area contributed by atoms with Gasteiger partial charge in [0.1, 0.15) is 0 Å². The van der Waals surface area contributed by atoms with Gasteiger partial charge in [-0.1, -0.05) is 30.3 Å². The van der Waals surface area contributed by atoms with Crippen LogP contribution in [0.2, 0.25) is 0 Å². The molecule has 7 nitrogen and oxygen atoms in total. The number of hydrogen-bond acceptors (Lipinski definition) is 5. The lowest BCUT2D eigenvalue weighted by atomic mass is 10.1. The molecule has 178 valence electrons. The quantitative estimate of drug-likeness (QED) is 0.360. The van der Waals surface area contributed by atoms with Gasteiger partial charge in [0.25, 0.3) is 0 Å². The first-order chi connectivity index (χ1) is 16.3. The molecule has 0 atom stereocenters. The standard InChI is InChI=1S/C26H28N2O5S/c1-19-16-24(20(2)28(19)17-21-8-4-3-5-9-21)25(29)18-33-26(30)22-10-12-23(13-11-22)34(31,32)27-14-6-7-15-27/h3-5,8-13,16H,6-7,14-15,17-18H2,1-2H3. The molecule has 1 aliphatic rings. The summed E-state index contributed by atoms with van der Waals surface area (Å²) in [6, 6.07) is 17.4. The smallest absolute Gasteiger partial charge is 0.338 e. The molecule has 0 bridgehead atoms. The van der Waals surface area contributed by atoms with Gasteiger partial charge in [-0.3, -0.25) is 4.79 Å². The van der Waals surface area contributed by atoms with Crippen LogP contribution in [0.1, 0.15) is 50.5 Å². The van der Waals surface area contributed by atoms with Crippen molar-refractivity contribution in [3.8, 4) is 0 Å². The third-order valence-electron chi connectivity index (χ3n) is 6.18. The topological polar surface area (TPSA) is 85.7 Å². The highest BCUT2D eigenvalue weighted by molar-refractivity contribution is 7.89. The van der Waals surface area contributed by atoms with Crippen molar-refractivity contribution in [3.05, 3.63) is 88.7 Å². The Kier molecular flexibility index (Phi) is 7.00. The average molecular weight is 481 g/mol. The van der Waals surface area contributed by atoms with E-state index in [-0.39, 0.29) is 22.8 Å². The maximum atomic E-state index is 12.8. The van der Waals surface area contributed by atoms with E-state index in [1.54, 1.807) is 0 Å². The third kappa shape index (κ3) is 4.98. The number of rotatable bonds is 8. The Morgan fingerprint density at radius 1 is 0.941 bits per heavy atom. The summed E-state index contributed by atoms with van der Waals surface area (Å²) in [7, 11) is -3.55. The first-order valence-electron chi connectivity index (χ1n) is 11.3. The Morgan fingerprint density at radius 3 is 2.24 bits per heavy atom. The summed E-state index contributed by atoms with van der Waals surface area (Å²) in [4.78, 5) is 25.4. The fourth-order valence-corrected chi connectivity index (χ4v) is 5.74. The van der Waals surface area contributed by atoms with Crippen molar-refractivity contribution in [2.45, 2.75) is 38.1 Å². The predicted octanol–water partition coefficient (Wildman–Crippen LogP) is 3.98. The number of ketones is 1. The van der Waals surface area contributed by atoms with Gasteiger partial charge in [-0.2, -0.15) is 4.31 Å². The number of esters is 1. The summed E-state index contributed by atoms with van der Waals surface area (Å²) >= 11 is 0. The zero-order valence-corrected chi connectivity index (χ0v) is 20.2. The van der Waals surface area contributed by atoms with Crippen molar-refractivity contribution < 1.29 is 22.7 Å². The van der Waals surface area contributed by atoms with Gasteiger partial charge in [0.05, 0.1) is 10.5 Å². The number of aryl methyl sites for hydroxylation is 1. The second kappa shape index (κ2) is 9.95. The fourth-order valence-electron chi connectivity index (χ4n) is 4.23. The van der Waals surface area contributed by atoms with Crippen LogP contribution in [-0.2, 0) is 21.3 Å². The number of sulfonamides is 1. The number of nitrogens with zero attached hydrogens (tertiary/aromatic N) is 2. The van der Waals surface area contributed by atoms with Gasteiger partial charge in [-0.25, -0.2) is 13.2 Å². The highest BCUT2D eigenvalue weighted by atomic mass is 32.2. The maximum absolute atomic E-state index is 12.8. The van der Waals surface area contributed by atoms with Crippen LogP contribution in [0.4, 0.5) is 0 Å². The van der Waals surface area contributed by atoms with E-state index in [4.69, 9.17) is 4.74 Å². The van der Waals surface area contributed by atoms with E-state index in [9.17, 15) is 18.0 Å². The number of ether oxygens (including phenoxy) is 1. The van der Waals surface area contributed by atoms with Gasteiger partial charge in [0.2, 0.25) is 15.8 Å². The monoisotopic (exact) mass is 480 g/mol.